The van der Waals surface area contributed by atoms with Crippen LogP contribution in [0, 0.1) is 0 Å². The van der Waals surface area contributed by atoms with Crippen molar-refractivity contribution in [2.45, 2.75) is 30.1 Å². The molecule has 0 saturated heterocycles. The van der Waals surface area contributed by atoms with E-state index in [1.54, 1.807) is 0 Å². The number of hydrogen-bond donors (Lipinski definition) is 0. The molecule has 0 bridgehead atoms. The number of hydrogen-bond acceptors (Lipinski definition) is 2. The van der Waals surface area contributed by atoms with Crippen molar-refractivity contribution in [3.05, 3.63) is 565 Å². The monoisotopic (exact) mass is 1690 g/mol. The zero-order valence-corrected chi connectivity index (χ0v) is 73.9. The summed E-state index contributed by atoms with van der Waals surface area (Å²) in [5, 5.41) is 7.31. The Hall–Kier alpha value is -16.8. The Labute approximate surface area is 777 Å². The Balaban J connectivity index is 0.522. The van der Waals surface area contributed by atoms with Crippen molar-refractivity contribution in [2.75, 3.05) is 9.80 Å². The van der Waals surface area contributed by atoms with E-state index in [9.17, 15) is 0 Å². The SMILES string of the molecule is CC1(C)c2ccc(-c3ccc4cc(-c5cccc(N(c6ccc(-c7ccc8c(c7)C(c7ccccc7)(c7ccccc7)c7ccccc7-8)cc6)c6ccc(-c7cccc8ccccc78)cc6)c5)ccc4c3)cc2-c2cccc(-c3ccc(N(c4ccc(-c5ccc6c(c5)C(c5ccccc5)(c5ccccc5)c5ccccc5-6)cc4)c4cccc(-c5ccc6ccccc6c5)c4)cc3)c21. The minimum Gasteiger partial charge on any atom is -0.310 e. The van der Waals surface area contributed by atoms with Crippen molar-refractivity contribution in [2.24, 2.45) is 0 Å². The Bertz CT molecular complexity index is 8210. The van der Waals surface area contributed by atoms with Gasteiger partial charge in [-0.05, 0) is 308 Å². The fraction of sp³-hybridized carbons (Fsp3) is 0.0382. The third kappa shape index (κ3) is 13.0. The first-order valence-corrected chi connectivity index (χ1v) is 46.4. The summed E-state index contributed by atoms with van der Waals surface area (Å²) >= 11 is 0. The predicted octanol–water partition coefficient (Wildman–Crippen LogP) is 34.8. The quantitative estimate of drug-likeness (QED) is 0.0896. The Morgan fingerprint density at radius 3 is 0.940 bits per heavy atom. The van der Waals surface area contributed by atoms with Gasteiger partial charge in [0.15, 0.2) is 0 Å². The van der Waals surface area contributed by atoms with Crippen LogP contribution in [-0.4, -0.2) is 0 Å². The van der Waals surface area contributed by atoms with Crippen LogP contribution < -0.4 is 9.80 Å². The molecular formula is C131H90N2. The van der Waals surface area contributed by atoms with E-state index in [1.807, 2.05) is 0 Å². The van der Waals surface area contributed by atoms with Gasteiger partial charge in [-0.2, -0.15) is 0 Å². The van der Waals surface area contributed by atoms with E-state index in [4.69, 9.17) is 0 Å². The van der Waals surface area contributed by atoms with Gasteiger partial charge in [0.25, 0.3) is 0 Å². The molecule has 624 valence electrons. The lowest BCUT2D eigenvalue weighted by molar-refractivity contribution is 0.662. The Morgan fingerprint density at radius 1 is 0.150 bits per heavy atom. The molecule has 2 heteroatoms. The second kappa shape index (κ2) is 31.9. The van der Waals surface area contributed by atoms with Gasteiger partial charge in [0.1, 0.15) is 0 Å². The molecule has 0 atom stereocenters. The third-order valence-electron chi connectivity index (χ3n) is 29.0. The van der Waals surface area contributed by atoms with Crippen molar-refractivity contribution in [1.29, 1.82) is 0 Å². The van der Waals surface area contributed by atoms with E-state index < -0.39 is 10.8 Å². The Kier molecular flexibility index (Phi) is 18.8. The number of nitrogens with zero attached hydrogens (tertiary/aromatic N) is 2. The largest absolute Gasteiger partial charge is 0.310 e. The van der Waals surface area contributed by atoms with Crippen molar-refractivity contribution in [3.8, 4) is 111 Å². The van der Waals surface area contributed by atoms with Crippen LogP contribution in [0.3, 0.4) is 0 Å². The van der Waals surface area contributed by atoms with E-state index in [0.717, 1.165) is 61.9 Å². The van der Waals surface area contributed by atoms with Gasteiger partial charge in [-0.3, -0.25) is 0 Å². The summed E-state index contributed by atoms with van der Waals surface area (Å²) in [5.41, 5.74) is 42.3. The molecule has 3 aliphatic carbocycles. The first-order valence-electron chi connectivity index (χ1n) is 46.4. The van der Waals surface area contributed by atoms with Gasteiger partial charge in [-0.15, -0.1) is 0 Å². The molecule has 22 aromatic carbocycles. The fourth-order valence-electron chi connectivity index (χ4n) is 22.7. The molecule has 0 fully saturated rings. The molecule has 0 unspecified atom stereocenters. The third-order valence-corrected chi connectivity index (χ3v) is 29.0. The maximum atomic E-state index is 2.46. The number of rotatable bonds is 17. The van der Waals surface area contributed by atoms with E-state index in [0.29, 0.717) is 0 Å². The molecule has 0 aliphatic heterocycles. The summed E-state index contributed by atoms with van der Waals surface area (Å²) < 4.78 is 0. The molecule has 0 aromatic heterocycles. The van der Waals surface area contributed by atoms with E-state index >= 15 is 0 Å². The molecule has 0 amide bonds. The lowest BCUT2D eigenvalue weighted by atomic mass is 9.67. The standard InChI is InChI=1S/C131H90N2/c1-129(2)123-78-67-101(84-122(123)121-48-26-47-116(128(121)129)92-63-74-111(75-64-92)133(112-41-23-31-94(82-112)96-52-51-87-27-15-16-29-93(87)79-96)109-70-59-89(60-71-109)103-66-77-120-118-45-20-22-50-125(118)131(127(120)86-103,106-37-11-5-12-38-106)107-39-13-6-14-40-107)100-56-55-98-80-97(53-54-99(98)81-100)95-32-24-42-113(83-95)132(110-72-61-91(62-73-110)115-46-25-30-90-28-17-18-43-114(90)115)108-68-57-88(58-69-108)102-65-76-119-117-44-19-21-49-124(117)130(126(119)85-102,104-33-7-3-8-34-104)105-35-9-4-10-36-105/h3-86H,1-2H3. The molecule has 3 aliphatic rings. The molecule has 25 rings (SSSR count). The maximum absolute atomic E-state index is 2.46. The van der Waals surface area contributed by atoms with E-state index in [-0.39, 0.29) is 5.41 Å². The molecule has 0 radical (unpaired) electrons. The van der Waals surface area contributed by atoms with Crippen LogP contribution in [-0.2, 0) is 16.2 Å². The molecule has 0 spiro atoms. The van der Waals surface area contributed by atoms with Gasteiger partial charge in [0.2, 0.25) is 0 Å². The van der Waals surface area contributed by atoms with Crippen LogP contribution in [0.2, 0.25) is 0 Å². The highest BCUT2D eigenvalue weighted by atomic mass is 15.1. The maximum Gasteiger partial charge on any atom is 0.0713 e. The zero-order chi connectivity index (χ0) is 88.3. The van der Waals surface area contributed by atoms with Gasteiger partial charge >= 0.3 is 0 Å². The lowest BCUT2D eigenvalue weighted by Gasteiger charge is -2.34. The highest BCUT2D eigenvalue weighted by Crippen LogP contribution is 2.60. The number of benzene rings is 22. The molecule has 22 aromatic rings. The van der Waals surface area contributed by atoms with Crippen molar-refractivity contribution < 1.29 is 0 Å². The van der Waals surface area contributed by atoms with Gasteiger partial charge in [0, 0.05) is 39.5 Å². The van der Waals surface area contributed by atoms with Crippen LogP contribution in [0.5, 0.6) is 0 Å². The average molecular weight is 1690 g/mol. The summed E-state index contributed by atoms with van der Waals surface area (Å²) in [4.78, 5) is 4.84. The summed E-state index contributed by atoms with van der Waals surface area (Å²) in [6.45, 7) is 4.82. The smallest absolute Gasteiger partial charge is 0.0713 e. The predicted molar refractivity (Wildman–Crippen MR) is 559 cm³/mol. The van der Waals surface area contributed by atoms with Gasteiger partial charge in [-0.25, -0.2) is 0 Å². The summed E-state index contributed by atoms with van der Waals surface area (Å²) in [5.74, 6) is 0. The number of anilines is 6. The highest BCUT2D eigenvalue weighted by Gasteiger charge is 2.48. The minimum atomic E-state index is -0.496. The van der Waals surface area contributed by atoms with Crippen LogP contribution in [0.1, 0.15) is 69.5 Å². The summed E-state index contributed by atoms with van der Waals surface area (Å²) in [6, 6.07) is 190. The second-order valence-electron chi connectivity index (χ2n) is 36.5. The topological polar surface area (TPSA) is 6.48 Å². The molecule has 0 N–H and O–H groups in total. The number of fused-ring (bicyclic) bond motifs is 12. The van der Waals surface area contributed by atoms with Gasteiger partial charge < -0.3 is 9.80 Å². The Morgan fingerprint density at radius 2 is 0.459 bits per heavy atom. The first-order chi connectivity index (χ1) is 65.6. The van der Waals surface area contributed by atoms with Crippen molar-refractivity contribution >= 4 is 66.4 Å². The fourth-order valence-corrected chi connectivity index (χ4v) is 22.7. The molecule has 0 heterocycles. The molecule has 0 saturated carbocycles. The van der Waals surface area contributed by atoms with Crippen LogP contribution >= 0.6 is 0 Å². The van der Waals surface area contributed by atoms with Crippen LogP contribution in [0.25, 0.3) is 144 Å². The molecule has 2 nitrogen and oxygen atoms in total. The van der Waals surface area contributed by atoms with Crippen LogP contribution in [0.4, 0.5) is 34.1 Å². The van der Waals surface area contributed by atoms with Crippen LogP contribution in [0.15, 0.2) is 510 Å². The average Bonchev–Trinajstić information content (AvgIpc) is 1.55. The summed E-state index contributed by atoms with van der Waals surface area (Å²) in [7, 11) is 0. The zero-order valence-electron chi connectivity index (χ0n) is 73.9. The minimum absolute atomic E-state index is 0.275. The van der Waals surface area contributed by atoms with Gasteiger partial charge in [0.05, 0.1) is 10.8 Å². The van der Waals surface area contributed by atoms with Gasteiger partial charge in [-0.1, -0.05) is 414 Å². The van der Waals surface area contributed by atoms with Crippen molar-refractivity contribution in [1.82, 2.24) is 0 Å². The van der Waals surface area contributed by atoms with E-state index in [2.05, 4.69) is 533 Å². The second-order valence-corrected chi connectivity index (χ2v) is 36.5. The molecular weight excluding hydrogens is 1600 g/mol. The van der Waals surface area contributed by atoms with Crippen molar-refractivity contribution in [3.63, 3.8) is 0 Å². The normalized spacial score (nSPS) is 13.2. The lowest BCUT2D eigenvalue weighted by Crippen LogP contribution is -2.28. The van der Waals surface area contributed by atoms with E-state index in [1.165, 1.54) is 171 Å². The summed E-state index contributed by atoms with van der Waals surface area (Å²) in [6.07, 6.45) is 0. The molecule has 133 heavy (non-hydrogen) atoms. The highest BCUT2D eigenvalue weighted by molar-refractivity contribution is 6.00. The first kappa shape index (κ1) is 78.5.